The second-order valence-corrected chi connectivity index (χ2v) is 7.89. The lowest BCUT2D eigenvalue weighted by atomic mass is 9.96. The first-order valence-corrected chi connectivity index (χ1v) is 9.93. The van der Waals surface area contributed by atoms with Crippen molar-refractivity contribution in [2.75, 3.05) is 51.2 Å². The van der Waals surface area contributed by atoms with E-state index in [4.69, 9.17) is 0 Å². The highest BCUT2D eigenvalue weighted by Gasteiger charge is 2.26. The van der Waals surface area contributed by atoms with Crippen molar-refractivity contribution in [3.63, 3.8) is 0 Å². The van der Waals surface area contributed by atoms with E-state index in [0.717, 1.165) is 81.8 Å². The molecule has 2 saturated heterocycles. The monoisotopic (exact) mass is 370 g/mol. The third-order valence-electron chi connectivity index (χ3n) is 5.93. The highest BCUT2D eigenvalue weighted by atomic mass is 15.3. The van der Waals surface area contributed by atoms with Crippen molar-refractivity contribution < 1.29 is 0 Å². The van der Waals surface area contributed by atoms with Crippen molar-refractivity contribution in [2.45, 2.75) is 32.2 Å². The zero-order valence-corrected chi connectivity index (χ0v) is 16.7. The van der Waals surface area contributed by atoms with Gasteiger partial charge in [0.05, 0.1) is 6.54 Å². The molecule has 2 aromatic rings. The quantitative estimate of drug-likeness (QED) is 0.797. The summed E-state index contributed by atoms with van der Waals surface area (Å²) in [5, 5.41) is 9.08. The van der Waals surface area contributed by atoms with Gasteiger partial charge in [-0.25, -0.2) is 9.97 Å². The van der Waals surface area contributed by atoms with Gasteiger partial charge in [-0.05, 0) is 26.8 Å². The molecule has 2 fully saturated rings. The molecule has 0 aromatic carbocycles. The van der Waals surface area contributed by atoms with Crippen LogP contribution in [0.25, 0.3) is 0 Å². The van der Waals surface area contributed by atoms with Gasteiger partial charge < -0.3 is 14.4 Å². The standard InChI is InChI=1S/C19H30N8/c1-15-12-17(21-14-20-15)27-6-4-16(5-7-27)19-23-22-18(25(19)3)13-26-10-8-24(2)9-11-26/h12,14,16H,4-11,13H2,1-3H3. The van der Waals surface area contributed by atoms with Crippen LogP contribution in [0.15, 0.2) is 12.4 Å². The van der Waals surface area contributed by atoms with E-state index in [0.29, 0.717) is 5.92 Å². The van der Waals surface area contributed by atoms with E-state index < -0.39 is 0 Å². The highest BCUT2D eigenvalue weighted by molar-refractivity contribution is 5.39. The van der Waals surface area contributed by atoms with Gasteiger partial charge in [-0.1, -0.05) is 0 Å². The predicted octanol–water partition coefficient (Wildman–Crippen LogP) is 1.04. The summed E-state index contributed by atoms with van der Waals surface area (Å²) in [7, 11) is 4.31. The Morgan fingerprint density at radius 2 is 1.70 bits per heavy atom. The molecule has 0 amide bonds. The number of piperazine rings is 1. The van der Waals surface area contributed by atoms with Gasteiger partial charge in [0.15, 0.2) is 0 Å². The van der Waals surface area contributed by atoms with E-state index >= 15 is 0 Å². The van der Waals surface area contributed by atoms with Crippen molar-refractivity contribution in [1.29, 1.82) is 0 Å². The Morgan fingerprint density at radius 1 is 0.963 bits per heavy atom. The Morgan fingerprint density at radius 3 is 2.41 bits per heavy atom. The first-order chi connectivity index (χ1) is 13.1. The molecule has 0 spiro atoms. The lowest BCUT2D eigenvalue weighted by Gasteiger charge is -2.33. The molecule has 146 valence electrons. The fraction of sp³-hybridized carbons (Fsp3) is 0.684. The summed E-state index contributed by atoms with van der Waals surface area (Å²) in [6.45, 7) is 9.39. The molecule has 4 rings (SSSR count). The maximum Gasteiger partial charge on any atom is 0.146 e. The number of piperidine rings is 1. The fourth-order valence-electron chi connectivity index (χ4n) is 4.05. The average molecular weight is 371 g/mol. The van der Waals surface area contributed by atoms with Gasteiger partial charge in [0.2, 0.25) is 0 Å². The molecule has 0 atom stereocenters. The number of aromatic nitrogens is 5. The van der Waals surface area contributed by atoms with Crippen molar-refractivity contribution in [1.82, 2.24) is 34.5 Å². The molecule has 4 heterocycles. The van der Waals surface area contributed by atoms with E-state index in [1.54, 1.807) is 6.33 Å². The summed E-state index contributed by atoms with van der Waals surface area (Å²) < 4.78 is 2.23. The third-order valence-corrected chi connectivity index (χ3v) is 5.93. The maximum atomic E-state index is 4.56. The van der Waals surface area contributed by atoms with Gasteiger partial charge in [-0.15, -0.1) is 10.2 Å². The minimum Gasteiger partial charge on any atom is -0.356 e. The molecule has 8 nitrogen and oxygen atoms in total. The minimum atomic E-state index is 0.475. The van der Waals surface area contributed by atoms with Crippen LogP contribution in [0.4, 0.5) is 5.82 Å². The van der Waals surface area contributed by atoms with Crippen LogP contribution in [0, 0.1) is 6.92 Å². The third kappa shape index (κ3) is 4.11. The number of rotatable bonds is 4. The normalized spacial score (nSPS) is 20.3. The molecule has 2 aliphatic heterocycles. The van der Waals surface area contributed by atoms with Crippen LogP contribution in [0.3, 0.4) is 0 Å². The molecule has 0 aliphatic carbocycles. The minimum absolute atomic E-state index is 0.475. The lowest BCUT2D eigenvalue weighted by Crippen LogP contribution is -2.44. The SMILES string of the molecule is Cc1cc(N2CCC(c3nnc(CN4CCN(C)CC4)n3C)CC2)ncn1. The maximum absolute atomic E-state index is 4.56. The van der Waals surface area contributed by atoms with E-state index in [1.807, 2.05) is 6.92 Å². The lowest BCUT2D eigenvalue weighted by molar-refractivity contribution is 0.144. The van der Waals surface area contributed by atoms with Crippen LogP contribution < -0.4 is 4.90 Å². The number of likely N-dealkylation sites (N-methyl/N-ethyl adjacent to an activating group) is 1. The van der Waals surface area contributed by atoms with Gasteiger partial charge in [-0.3, -0.25) is 4.90 Å². The second-order valence-electron chi connectivity index (χ2n) is 7.89. The van der Waals surface area contributed by atoms with Crippen LogP contribution >= 0.6 is 0 Å². The number of aryl methyl sites for hydroxylation is 1. The molecular weight excluding hydrogens is 340 g/mol. The molecule has 0 unspecified atom stereocenters. The van der Waals surface area contributed by atoms with E-state index in [2.05, 4.69) is 59.6 Å². The van der Waals surface area contributed by atoms with E-state index in [9.17, 15) is 0 Å². The van der Waals surface area contributed by atoms with Crippen molar-refractivity contribution in [3.05, 3.63) is 29.7 Å². The topological polar surface area (TPSA) is 66.2 Å². The smallest absolute Gasteiger partial charge is 0.146 e. The summed E-state index contributed by atoms with van der Waals surface area (Å²) in [4.78, 5) is 15.8. The van der Waals surface area contributed by atoms with Crippen LogP contribution in [0.1, 0.15) is 36.1 Å². The van der Waals surface area contributed by atoms with Crippen molar-refractivity contribution in [2.24, 2.45) is 7.05 Å². The molecule has 27 heavy (non-hydrogen) atoms. The van der Waals surface area contributed by atoms with Crippen LogP contribution in [0.2, 0.25) is 0 Å². The zero-order chi connectivity index (χ0) is 18.8. The Labute approximate surface area is 161 Å². The molecular formula is C19H30N8. The van der Waals surface area contributed by atoms with Crippen LogP contribution in [0.5, 0.6) is 0 Å². The molecule has 0 N–H and O–H groups in total. The summed E-state index contributed by atoms with van der Waals surface area (Å²) in [6, 6.07) is 2.07. The first kappa shape index (κ1) is 18.3. The van der Waals surface area contributed by atoms with Crippen molar-refractivity contribution in [3.8, 4) is 0 Å². The number of hydrogen-bond acceptors (Lipinski definition) is 7. The summed E-state index contributed by atoms with van der Waals surface area (Å²) >= 11 is 0. The molecule has 0 bridgehead atoms. The number of anilines is 1. The summed E-state index contributed by atoms with van der Waals surface area (Å²) in [6.07, 6.45) is 3.83. The molecule has 0 radical (unpaired) electrons. The molecule has 8 heteroatoms. The molecule has 0 saturated carbocycles. The van der Waals surface area contributed by atoms with Gasteiger partial charge in [-0.2, -0.15) is 0 Å². The van der Waals surface area contributed by atoms with Crippen LogP contribution in [-0.4, -0.2) is 80.8 Å². The number of hydrogen-bond donors (Lipinski definition) is 0. The number of nitrogens with zero attached hydrogens (tertiary/aromatic N) is 8. The fourth-order valence-corrected chi connectivity index (χ4v) is 4.05. The average Bonchev–Trinajstić information content (AvgIpc) is 3.04. The Kier molecular flexibility index (Phi) is 5.36. The van der Waals surface area contributed by atoms with Crippen LogP contribution in [-0.2, 0) is 13.6 Å². The van der Waals surface area contributed by atoms with Crippen molar-refractivity contribution >= 4 is 5.82 Å². The van der Waals surface area contributed by atoms with E-state index in [-0.39, 0.29) is 0 Å². The van der Waals surface area contributed by atoms with Gasteiger partial charge >= 0.3 is 0 Å². The molecule has 2 aromatic heterocycles. The van der Waals surface area contributed by atoms with Gasteiger partial charge in [0, 0.05) is 64.0 Å². The Balaban J connectivity index is 1.37. The second kappa shape index (κ2) is 7.90. The summed E-state index contributed by atoms with van der Waals surface area (Å²) in [5.74, 6) is 3.73. The highest BCUT2D eigenvalue weighted by Crippen LogP contribution is 2.29. The van der Waals surface area contributed by atoms with Gasteiger partial charge in [0.1, 0.15) is 23.8 Å². The Bertz CT molecular complexity index is 757. The zero-order valence-electron chi connectivity index (χ0n) is 16.7. The largest absolute Gasteiger partial charge is 0.356 e. The first-order valence-electron chi connectivity index (χ1n) is 9.93. The Hall–Kier alpha value is -2.06. The van der Waals surface area contributed by atoms with Gasteiger partial charge in [0.25, 0.3) is 0 Å². The van der Waals surface area contributed by atoms with E-state index in [1.165, 1.54) is 0 Å². The molecule has 2 aliphatic rings. The predicted molar refractivity (Wildman–Crippen MR) is 105 cm³/mol. The summed E-state index contributed by atoms with van der Waals surface area (Å²) in [5.41, 5.74) is 1.02.